The maximum atomic E-state index is 13.2. The van der Waals surface area contributed by atoms with Crippen molar-refractivity contribution in [2.45, 2.75) is 77.5 Å². The van der Waals surface area contributed by atoms with Gasteiger partial charge >= 0.3 is 5.97 Å². The van der Waals surface area contributed by atoms with Gasteiger partial charge in [-0.3, -0.25) is 9.69 Å². The summed E-state index contributed by atoms with van der Waals surface area (Å²) in [6, 6.07) is 21.5. The number of carboxylic acid groups (broad SMARTS) is 1. The molecule has 0 saturated carbocycles. The van der Waals surface area contributed by atoms with E-state index in [0.29, 0.717) is 29.2 Å². The van der Waals surface area contributed by atoms with Gasteiger partial charge in [0.2, 0.25) is 5.69 Å². The zero-order chi connectivity index (χ0) is 26.3. The Morgan fingerprint density at radius 3 is 2.54 bits per heavy atom. The van der Waals surface area contributed by atoms with Crippen LogP contribution in [0.4, 0.5) is 0 Å². The Bertz CT molecular complexity index is 1520. The predicted molar refractivity (Wildman–Crippen MR) is 148 cm³/mol. The fourth-order valence-electron chi connectivity index (χ4n) is 6.60. The van der Waals surface area contributed by atoms with Gasteiger partial charge in [0, 0.05) is 24.2 Å². The summed E-state index contributed by atoms with van der Waals surface area (Å²) in [7, 11) is 0. The Morgan fingerprint density at radius 2 is 1.78 bits per heavy atom. The van der Waals surface area contributed by atoms with Crippen molar-refractivity contribution in [2.24, 2.45) is 0 Å². The molecule has 0 radical (unpaired) electrons. The van der Waals surface area contributed by atoms with Gasteiger partial charge in [0.05, 0.1) is 11.0 Å². The van der Waals surface area contributed by atoms with E-state index in [1.807, 2.05) is 39.0 Å². The molecule has 1 saturated heterocycles. The number of benzene rings is 3. The number of nitrogens with zero attached hydrogens (tertiary/aromatic N) is 3. The molecule has 192 valence electrons. The second-order valence-electron chi connectivity index (χ2n) is 10.1. The van der Waals surface area contributed by atoms with Crippen molar-refractivity contribution in [3.8, 4) is 0 Å². The first-order valence-electron chi connectivity index (χ1n) is 13.5. The molecule has 6 rings (SSSR count). The Hall–Kier alpha value is -3.51. The lowest BCUT2D eigenvalue weighted by molar-refractivity contribution is 0.0687. The maximum absolute atomic E-state index is 13.2. The van der Waals surface area contributed by atoms with E-state index in [1.165, 1.54) is 21.9 Å². The van der Waals surface area contributed by atoms with Gasteiger partial charge in [-0.15, -0.1) is 0 Å². The summed E-state index contributed by atoms with van der Waals surface area (Å²) in [4.78, 5) is 31.8. The standard InChI is InChI=1S/C29H29N3O3.C2H6/c1-17-13-14-21(31(17)25-16-20-9-5-7-19-8-6-10-22(25)26(19)20)15-18(2)32-24-12-4-3-11-23(24)30-27(28(32)33)29(34)35;1-2/h3-12,17-18,21,25H,13-16H2,1-2H3,(H,34,35);1-2H3. The quantitative estimate of drug-likeness (QED) is 0.346. The second-order valence-corrected chi connectivity index (χ2v) is 10.1. The van der Waals surface area contributed by atoms with E-state index < -0.39 is 17.2 Å². The summed E-state index contributed by atoms with van der Waals surface area (Å²) in [5.74, 6) is -1.28. The van der Waals surface area contributed by atoms with Crippen molar-refractivity contribution in [3.63, 3.8) is 0 Å². The maximum Gasteiger partial charge on any atom is 0.360 e. The van der Waals surface area contributed by atoms with Crippen LogP contribution >= 0.6 is 0 Å². The van der Waals surface area contributed by atoms with Crippen molar-refractivity contribution in [1.29, 1.82) is 0 Å². The van der Waals surface area contributed by atoms with Gasteiger partial charge < -0.3 is 9.67 Å². The molecule has 1 fully saturated rings. The summed E-state index contributed by atoms with van der Waals surface area (Å²) < 4.78 is 1.65. The average Bonchev–Trinajstić information content (AvgIpc) is 3.45. The summed E-state index contributed by atoms with van der Waals surface area (Å²) in [5, 5.41) is 12.3. The number of carboxylic acids is 1. The molecule has 2 heterocycles. The molecule has 6 nitrogen and oxygen atoms in total. The highest BCUT2D eigenvalue weighted by molar-refractivity contribution is 5.91. The van der Waals surface area contributed by atoms with E-state index in [-0.39, 0.29) is 6.04 Å². The van der Waals surface area contributed by atoms with Crippen LogP contribution in [0.25, 0.3) is 21.8 Å². The van der Waals surface area contributed by atoms with Crippen LogP contribution in [-0.4, -0.2) is 37.6 Å². The highest BCUT2D eigenvalue weighted by Gasteiger charge is 2.40. The second kappa shape index (κ2) is 10.1. The third kappa shape index (κ3) is 4.23. The molecular weight excluding hydrogens is 462 g/mol. The molecule has 1 N–H and O–H groups in total. The molecule has 0 bridgehead atoms. The van der Waals surface area contributed by atoms with Gasteiger partial charge in [-0.05, 0) is 73.6 Å². The number of rotatable bonds is 5. The van der Waals surface area contributed by atoms with Crippen LogP contribution in [0.1, 0.15) is 80.7 Å². The van der Waals surface area contributed by atoms with Crippen molar-refractivity contribution in [2.75, 3.05) is 0 Å². The van der Waals surface area contributed by atoms with Crippen molar-refractivity contribution >= 4 is 27.8 Å². The molecule has 2 aliphatic rings. The first-order chi connectivity index (χ1) is 17.9. The molecule has 0 amide bonds. The van der Waals surface area contributed by atoms with Crippen LogP contribution in [0.2, 0.25) is 0 Å². The number of aromatic nitrogens is 2. The summed E-state index contributed by atoms with van der Waals surface area (Å²) >= 11 is 0. The molecular formula is C31H35N3O3. The first-order valence-corrected chi connectivity index (χ1v) is 13.5. The highest BCUT2D eigenvalue weighted by Crippen LogP contribution is 2.45. The lowest BCUT2D eigenvalue weighted by Crippen LogP contribution is -2.40. The van der Waals surface area contributed by atoms with Crippen LogP contribution in [0, 0.1) is 0 Å². The third-order valence-electron chi connectivity index (χ3n) is 8.06. The van der Waals surface area contributed by atoms with Crippen molar-refractivity contribution in [1.82, 2.24) is 14.5 Å². The summed E-state index contributed by atoms with van der Waals surface area (Å²) in [6.45, 7) is 8.34. The third-order valence-corrected chi connectivity index (χ3v) is 8.06. The SMILES string of the molecule is CC.CC1CCC(CC(C)n2c(=O)c(C(=O)O)nc3ccccc32)N1C1Cc2cccc3cccc1c23. The van der Waals surface area contributed by atoms with Crippen molar-refractivity contribution < 1.29 is 9.90 Å². The molecule has 1 aliphatic carbocycles. The molecule has 4 aromatic rings. The number of carbonyl (C=O) groups is 1. The lowest BCUT2D eigenvalue weighted by Gasteiger charge is -2.36. The minimum atomic E-state index is -1.28. The highest BCUT2D eigenvalue weighted by atomic mass is 16.4. The Morgan fingerprint density at radius 1 is 1.05 bits per heavy atom. The molecule has 37 heavy (non-hydrogen) atoms. The van der Waals surface area contributed by atoms with E-state index >= 15 is 0 Å². The fourth-order valence-corrected chi connectivity index (χ4v) is 6.60. The lowest BCUT2D eigenvalue weighted by atomic mass is 10.0. The average molecular weight is 498 g/mol. The minimum absolute atomic E-state index is 0.161. The Balaban J connectivity index is 0.00000137. The molecule has 6 heteroatoms. The van der Waals surface area contributed by atoms with E-state index in [1.54, 1.807) is 10.6 Å². The number of likely N-dealkylation sites (tertiary alicyclic amines) is 1. The molecule has 4 unspecified atom stereocenters. The van der Waals surface area contributed by atoms with Gasteiger partial charge in [0.25, 0.3) is 5.56 Å². The van der Waals surface area contributed by atoms with Gasteiger partial charge in [0.15, 0.2) is 0 Å². The smallest absolute Gasteiger partial charge is 0.360 e. The Labute approximate surface area is 217 Å². The predicted octanol–water partition coefficient (Wildman–Crippen LogP) is 6.38. The number of aromatic carboxylic acids is 1. The summed E-state index contributed by atoms with van der Waals surface area (Å²) in [6.07, 6.45) is 3.97. The summed E-state index contributed by atoms with van der Waals surface area (Å²) in [5.41, 5.74) is 3.10. The van der Waals surface area contributed by atoms with E-state index in [0.717, 1.165) is 25.7 Å². The zero-order valence-corrected chi connectivity index (χ0v) is 22.0. The van der Waals surface area contributed by atoms with Gasteiger partial charge in [0.1, 0.15) is 0 Å². The van der Waals surface area contributed by atoms with Gasteiger partial charge in [-0.1, -0.05) is 62.4 Å². The molecule has 4 atom stereocenters. The van der Waals surface area contributed by atoms with Crippen LogP contribution in [0.5, 0.6) is 0 Å². The molecule has 1 aliphatic heterocycles. The monoisotopic (exact) mass is 497 g/mol. The molecule has 0 spiro atoms. The number of hydrogen-bond acceptors (Lipinski definition) is 4. The molecule has 3 aromatic carbocycles. The first kappa shape index (κ1) is 25.2. The number of fused-ring (bicyclic) bond motifs is 1. The largest absolute Gasteiger partial charge is 0.476 e. The van der Waals surface area contributed by atoms with E-state index in [2.05, 4.69) is 53.2 Å². The van der Waals surface area contributed by atoms with Crippen LogP contribution in [0.3, 0.4) is 0 Å². The molecule has 1 aromatic heterocycles. The van der Waals surface area contributed by atoms with Crippen LogP contribution < -0.4 is 5.56 Å². The zero-order valence-electron chi connectivity index (χ0n) is 22.0. The number of hydrogen-bond donors (Lipinski definition) is 1. The normalized spacial score (nSPS) is 21.7. The van der Waals surface area contributed by atoms with Gasteiger partial charge in [-0.25, -0.2) is 9.78 Å². The Kier molecular flexibility index (Phi) is 6.86. The number of para-hydroxylation sites is 2. The van der Waals surface area contributed by atoms with Crippen molar-refractivity contribution in [3.05, 3.63) is 87.8 Å². The topological polar surface area (TPSA) is 75.4 Å². The van der Waals surface area contributed by atoms with Gasteiger partial charge in [-0.2, -0.15) is 0 Å². The van der Waals surface area contributed by atoms with E-state index in [9.17, 15) is 14.7 Å². The van der Waals surface area contributed by atoms with Crippen LogP contribution in [0.15, 0.2) is 65.5 Å². The minimum Gasteiger partial charge on any atom is -0.476 e. The van der Waals surface area contributed by atoms with Crippen LogP contribution in [-0.2, 0) is 6.42 Å². The van der Waals surface area contributed by atoms with E-state index in [4.69, 9.17) is 0 Å². The fraction of sp³-hybridized carbons (Fsp3) is 0.387.